The minimum absolute atomic E-state index is 0.0966. The summed E-state index contributed by atoms with van der Waals surface area (Å²) in [6, 6.07) is 8.74. The highest BCUT2D eigenvalue weighted by Crippen LogP contribution is 2.66. The first-order chi connectivity index (χ1) is 13.2. The van der Waals surface area contributed by atoms with E-state index < -0.39 is 0 Å². The van der Waals surface area contributed by atoms with Crippen molar-refractivity contribution in [3.8, 4) is 11.3 Å². The Morgan fingerprint density at radius 3 is 2.43 bits per heavy atom. The maximum Gasteiger partial charge on any atom is 0.287 e. The molecule has 1 aromatic heterocycles. The topological polar surface area (TPSA) is 42.2 Å². The number of hydrogen-bond donors (Lipinski definition) is 1. The molecule has 1 amide bonds. The zero-order valence-corrected chi connectivity index (χ0v) is 17.8. The predicted molar refractivity (Wildman–Crippen MR) is 112 cm³/mol. The molecule has 0 radical (unpaired) electrons. The van der Waals surface area contributed by atoms with Crippen molar-refractivity contribution in [2.24, 2.45) is 16.7 Å². The summed E-state index contributed by atoms with van der Waals surface area (Å²) >= 11 is 12.4. The summed E-state index contributed by atoms with van der Waals surface area (Å²) in [6.07, 6.45) is 7.14. The van der Waals surface area contributed by atoms with Crippen molar-refractivity contribution in [2.75, 3.05) is 0 Å². The summed E-state index contributed by atoms with van der Waals surface area (Å²) in [7, 11) is 0. The lowest BCUT2D eigenvalue weighted by Gasteiger charge is -2.65. The third-order valence-corrected chi connectivity index (χ3v) is 7.59. The number of nitrogens with one attached hydrogen (secondary N) is 1. The quantitative estimate of drug-likeness (QED) is 0.600. The van der Waals surface area contributed by atoms with Crippen molar-refractivity contribution in [2.45, 2.75) is 57.9 Å². The third-order valence-electron chi connectivity index (χ3n) is 7.03. The van der Waals surface area contributed by atoms with Crippen molar-refractivity contribution in [3.63, 3.8) is 0 Å². The summed E-state index contributed by atoms with van der Waals surface area (Å²) in [4.78, 5) is 13.1. The summed E-state index contributed by atoms with van der Waals surface area (Å²) in [5.41, 5.74) is 1.30. The van der Waals surface area contributed by atoms with E-state index >= 15 is 0 Å². The fourth-order valence-electron chi connectivity index (χ4n) is 7.18. The van der Waals surface area contributed by atoms with Gasteiger partial charge in [0.25, 0.3) is 5.91 Å². The number of amides is 1. The van der Waals surface area contributed by atoms with Crippen LogP contribution in [0.25, 0.3) is 11.3 Å². The molecule has 2 atom stereocenters. The first-order valence-electron chi connectivity index (χ1n) is 10.0. The molecule has 0 saturated heterocycles. The van der Waals surface area contributed by atoms with Crippen LogP contribution in [0.5, 0.6) is 0 Å². The molecule has 2 aromatic rings. The molecule has 148 valence electrons. The Labute approximate surface area is 175 Å². The predicted octanol–water partition coefficient (Wildman–Crippen LogP) is 6.73. The lowest BCUT2D eigenvalue weighted by atomic mass is 9.43. The molecular weight excluding hydrogens is 393 g/mol. The molecule has 4 aliphatic carbocycles. The number of furan rings is 1. The highest BCUT2D eigenvalue weighted by atomic mass is 35.5. The van der Waals surface area contributed by atoms with E-state index in [1.54, 1.807) is 30.3 Å². The second-order valence-corrected chi connectivity index (χ2v) is 11.0. The van der Waals surface area contributed by atoms with Gasteiger partial charge in [0.2, 0.25) is 0 Å². The monoisotopic (exact) mass is 417 g/mol. The Hall–Kier alpha value is -1.45. The summed E-state index contributed by atoms with van der Waals surface area (Å²) in [6.45, 7) is 4.81. The number of benzene rings is 1. The van der Waals surface area contributed by atoms with Crippen molar-refractivity contribution in [3.05, 3.63) is 46.1 Å². The van der Waals surface area contributed by atoms with Crippen LogP contribution >= 0.6 is 23.2 Å². The number of carbonyl (C=O) groups excluding carboxylic acids is 1. The number of hydrogen-bond acceptors (Lipinski definition) is 2. The Bertz CT molecular complexity index is 947. The summed E-state index contributed by atoms with van der Waals surface area (Å²) in [5, 5.41) is 4.52. The molecule has 28 heavy (non-hydrogen) atoms. The van der Waals surface area contributed by atoms with Gasteiger partial charge in [-0.05, 0) is 85.6 Å². The van der Waals surface area contributed by atoms with Crippen molar-refractivity contribution >= 4 is 29.1 Å². The highest BCUT2D eigenvalue weighted by molar-refractivity contribution is 6.35. The van der Waals surface area contributed by atoms with E-state index in [4.69, 9.17) is 27.6 Å². The van der Waals surface area contributed by atoms with Crippen LogP contribution in [0.1, 0.15) is 62.9 Å². The molecule has 5 heteroatoms. The van der Waals surface area contributed by atoms with E-state index in [-0.39, 0.29) is 11.4 Å². The second-order valence-electron chi connectivity index (χ2n) is 10.2. The van der Waals surface area contributed by atoms with Gasteiger partial charge in [0.1, 0.15) is 5.76 Å². The van der Waals surface area contributed by atoms with Gasteiger partial charge in [0.05, 0.1) is 5.02 Å². The minimum Gasteiger partial charge on any atom is -0.451 e. The van der Waals surface area contributed by atoms with Gasteiger partial charge >= 0.3 is 0 Å². The van der Waals surface area contributed by atoms with Crippen LogP contribution in [-0.2, 0) is 0 Å². The fourth-order valence-corrected chi connectivity index (χ4v) is 7.56. The van der Waals surface area contributed by atoms with Crippen LogP contribution in [0.3, 0.4) is 0 Å². The van der Waals surface area contributed by atoms with Gasteiger partial charge in [-0.3, -0.25) is 4.79 Å². The third kappa shape index (κ3) is 3.07. The maximum atomic E-state index is 13.1. The van der Waals surface area contributed by atoms with Crippen LogP contribution < -0.4 is 5.32 Å². The summed E-state index contributed by atoms with van der Waals surface area (Å²) in [5.74, 6) is 1.49. The lowest BCUT2D eigenvalue weighted by Crippen LogP contribution is -2.65. The normalized spacial score (nSPS) is 35.9. The minimum atomic E-state index is -0.126. The number of carbonyl (C=O) groups is 1. The standard InChI is InChI=1S/C23H25Cl2NO2/c1-21-8-14-9-22(2,11-21)13-23(10-14,12-21)26-20(27)19-6-5-18(28-19)16-7-15(24)3-4-17(16)25/h3-7,14H,8-13H2,1-2H3,(H,26,27)/t14?,21-,22-,23?/m1/s1. The molecular formula is C23H25Cl2NO2. The van der Waals surface area contributed by atoms with Gasteiger partial charge in [-0.15, -0.1) is 0 Å². The van der Waals surface area contributed by atoms with E-state index in [1.165, 1.54) is 19.3 Å². The largest absolute Gasteiger partial charge is 0.451 e. The van der Waals surface area contributed by atoms with Crippen LogP contribution in [-0.4, -0.2) is 11.4 Å². The maximum absolute atomic E-state index is 13.1. The molecule has 0 unspecified atom stereocenters. The van der Waals surface area contributed by atoms with Gasteiger partial charge in [-0.2, -0.15) is 0 Å². The zero-order chi connectivity index (χ0) is 19.7. The van der Waals surface area contributed by atoms with Gasteiger partial charge in [0, 0.05) is 16.1 Å². The molecule has 3 nitrogen and oxygen atoms in total. The molecule has 0 spiro atoms. The highest BCUT2D eigenvalue weighted by Gasteiger charge is 2.60. The van der Waals surface area contributed by atoms with E-state index in [9.17, 15) is 4.79 Å². The fraction of sp³-hybridized carbons (Fsp3) is 0.522. The Balaban J connectivity index is 1.40. The SMILES string of the molecule is C[C@]12CC3CC(NC(=O)c4ccc(-c5cc(Cl)ccc5Cl)o4)(C1)C[C@](C)(C3)C2. The molecule has 1 heterocycles. The van der Waals surface area contributed by atoms with E-state index in [2.05, 4.69) is 19.2 Å². The zero-order valence-electron chi connectivity index (χ0n) is 16.3. The first kappa shape index (κ1) is 18.6. The van der Waals surface area contributed by atoms with Crippen LogP contribution in [0.2, 0.25) is 10.0 Å². The van der Waals surface area contributed by atoms with E-state index in [0.29, 0.717) is 38.0 Å². The molecule has 1 aromatic carbocycles. The number of rotatable bonds is 3. The van der Waals surface area contributed by atoms with E-state index in [1.807, 2.05) is 0 Å². The average molecular weight is 418 g/mol. The molecule has 4 saturated carbocycles. The Kier molecular flexibility index (Phi) is 4.00. The average Bonchev–Trinajstić information content (AvgIpc) is 3.03. The van der Waals surface area contributed by atoms with Gasteiger partial charge in [-0.1, -0.05) is 37.0 Å². The lowest BCUT2D eigenvalue weighted by molar-refractivity contribution is -0.114. The number of halogens is 2. The van der Waals surface area contributed by atoms with E-state index in [0.717, 1.165) is 25.2 Å². The van der Waals surface area contributed by atoms with Gasteiger partial charge in [-0.25, -0.2) is 0 Å². The molecule has 4 fully saturated rings. The van der Waals surface area contributed by atoms with Crippen LogP contribution in [0.4, 0.5) is 0 Å². The molecule has 0 aliphatic heterocycles. The smallest absolute Gasteiger partial charge is 0.287 e. The van der Waals surface area contributed by atoms with Gasteiger partial charge < -0.3 is 9.73 Å². The molecule has 6 rings (SSSR count). The van der Waals surface area contributed by atoms with Crippen molar-refractivity contribution < 1.29 is 9.21 Å². The Morgan fingerprint density at radius 2 is 1.75 bits per heavy atom. The summed E-state index contributed by atoms with van der Waals surface area (Å²) < 4.78 is 5.88. The van der Waals surface area contributed by atoms with Crippen molar-refractivity contribution in [1.29, 1.82) is 0 Å². The molecule has 4 aliphatic rings. The molecule has 4 bridgehead atoms. The second kappa shape index (κ2) is 6.03. The van der Waals surface area contributed by atoms with Gasteiger partial charge in [0.15, 0.2) is 5.76 Å². The van der Waals surface area contributed by atoms with Crippen LogP contribution in [0, 0.1) is 16.7 Å². The molecule has 1 N–H and O–H groups in total. The Morgan fingerprint density at radius 1 is 1.04 bits per heavy atom. The van der Waals surface area contributed by atoms with Crippen molar-refractivity contribution in [1.82, 2.24) is 5.32 Å². The van der Waals surface area contributed by atoms with Crippen LogP contribution in [0.15, 0.2) is 34.7 Å². The first-order valence-corrected chi connectivity index (χ1v) is 10.8.